The molecule has 3 saturated carbocycles. The zero-order chi connectivity index (χ0) is 25.6. The Balaban J connectivity index is 1.50. The number of allylic oxidation sites excluding steroid dienone is 4. The summed E-state index contributed by atoms with van der Waals surface area (Å²) in [7, 11) is 0. The van der Waals surface area contributed by atoms with Crippen molar-refractivity contribution >= 4 is 23.4 Å². The van der Waals surface area contributed by atoms with Crippen LogP contribution in [-0.4, -0.2) is 52.9 Å². The summed E-state index contributed by atoms with van der Waals surface area (Å²) < 4.78 is 32.6. The summed E-state index contributed by atoms with van der Waals surface area (Å²) in [5.74, 6) is -1.65. The number of aliphatic hydroxyl groups is 1. The molecule has 0 radical (unpaired) electrons. The van der Waals surface area contributed by atoms with Gasteiger partial charge in [-0.2, -0.15) is 0 Å². The zero-order valence-electron chi connectivity index (χ0n) is 21.6. The maximum absolute atomic E-state index is 13.7. The first-order valence-electron chi connectivity index (χ1n) is 12.8. The van der Waals surface area contributed by atoms with Gasteiger partial charge in [-0.15, -0.1) is 0 Å². The number of rotatable bonds is 3. The highest BCUT2D eigenvalue weighted by Gasteiger charge is 2.74. The van der Waals surface area contributed by atoms with E-state index in [9.17, 15) is 19.5 Å². The van der Waals surface area contributed by atoms with Gasteiger partial charge in [-0.25, -0.2) is 4.99 Å². The molecule has 0 unspecified atom stereocenters. The van der Waals surface area contributed by atoms with E-state index in [1.54, 1.807) is 19.1 Å². The lowest BCUT2D eigenvalue weighted by Crippen LogP contribution is -2.62. The predicted molar refractivity (Wildman–Crippen MR) is 116 cm³/mol. The Morgan fingerprint density at radius 1 is 1.41 bits per heavy atom. The van der Waals surface area contributed by atoms with Crippen molar-refractivity contribution in [2.24, 2.45) is 33.6 Å². The fraction of sp³-hybridized carbons (Fsp3) is 0.680. The fourth-order valence-corrected chi connectivity index (χ4v) is 7.93. The van der Waals surface area contributed by atoms with E-state index in [0.717, 1.165) is 18.4 Å². The minimum atomic E-state index is -2.96. The van der Waals surface area contributed by atoms with Crippen LogP contribution >= 0.6 is 0 Å². The molecule has 0 aromatic rings. The lowest BCUT2D eigenvalue weighted by atomic mass is 9.46. The van der Waals surface area contributed by atoms with Crippen molar-refractivity contribution in [1.29, 1.82) is 0 Å². The molecular formula is C25H31NO6. The van der Waals surface area contributed by atoms with Gasteiger partial charge in [-0.3, -0.25) is 14.4 Å². The molecule has 0 saturated heterocycles. The van der Waals surface area contributed by atoms with Gasteiger partial charge in [0.15, 0.2) is 23.8 Å². The van der Waals surface area contributed by atoms with Crippen molar-refractivity contribution in [3.63, 3.8) is 0 Å². The molecule has 5 rings (SSSR count). The third-order valence-electron chi connectivity index (χ3n) is 9.10. The Bertz CT molecular complexity index is 1100. The topological polar surface area (TPSA) is 102 Å². The molecule has 0 spiro atoms. The molecular weight excluding hydrogens is 410 g/mol. The molecule has 7 nitrogen and oxygen atoms in total. The summed E-state index contributed by atoms with van der Waals surface area (Å²) in [6.07, 6.45) is 6.24. The molecule has 32 heavy (non-hydrogen) atoms. The van der Waals surface area contributed by atoms with Crippen molar-refractivity contribution < 1.29 is 33.1 Å². The number of carbonyl (C=O) groups excluding carboxylic acids is 3. The lowest BCUT2D eigenvalue weighted by Gasteiger charge is -2.59. The van der Waals surface area contributed by atoms with Gasteiger partial charge in [0.1, 0.15) is 6.10 Å². The SMILES string of the molecule is [2H]C([2H])([2H])C(=O)OCC(=O)[C@@]12N=C(C)O[C@@H]1C[C@H]1[C@@H]3CCC4=CC(=O)C=C[C@]4(C)[C@H]3[C@@H](O)C[C@@]12C. The van der Waals surface area contributed by atoms with Crippen LogP contribution in [0.2, 0.25) is 0 Å². The van der Waals surface area contributed by atoms with Gasteiger partial charge in [0.05, 0.1) is 6.10 Å². The first kappa shape index (κ1) is 18.2. The standard InChI is InChI=1S/C25H31NO6/c1-13-26-25(20(30)12-31-14(2)27)21(32-13)10-18-17-6-5-15-9-16(28)7-8-23(15,3)22(17)19(29)11-24(18,25)4/h7-9,17-19,21-22,29H,5-6,10-12H2,1-4H3/t17-,18-,19-,21+,22+,23-,24-,25+/m0/s1/i2D3. The van der Waals surface area contributed by atoms with Crippen molar-refractivity contribution in [3.05, 3.63) is 23.8 Å². The van der Waals surface area contributed by atoms with Crippen LogP contribution in [0.3, 0.4) is 0 Å². The molecule has 1 aliphatic heterocycles. The molecule has 0 amide bonds. The number of Topliss-reactive ketones (excluding diaryl/α,β-unsaturated/α-hetero) is 1. The van der Waals surface area contributed by atoms with E-state index >= 15 is 0 Å². The van der Waals surface area contributed by atoms with Crippen LogP contribution in [0.15, 0.2) is 28.8 Å². The number of hydrogen-bond acceptors (Lipinski definition) is 7. The molecule has 1 N–H and O–H groups in total. The summed E-state index contributed by atoms with van der Waals surface area (Å²) in [6.45, 7) is 2.03. The summed E-state index contributed by atoms with van der Waals surface area (Å²) in [5.41, 5.74) is -1.54. The molecule has 4 aliphatic carbocycles. The smallest absolute Gasteiger partial charge is 0.303 e. The van der Waals surface area contributed by atoms with E-state index in [0.29, 0.717) is 18.7 Å². The van der Waals surface area contributed by atoms with Crippen LogP contribution in [0.25, 0.3) is 0 Å². The number of fused-ring (bicyclic) bond motifs is 7. The molecule has 7 heteroatoms. The van der Waals surface area contributed by atoms with E-state index in [-0.39, 0.29) is 23.5 Å². The number of aliphatic hydroxyl groups excluding tert-OH is 1. The van der Waals surface area contributed by atoms with Gasteiger partial charge < -0.3 is 14.6 Å². The van der Waals surface area contributed by atoms with Crippen LogP contribution in [0.4, 0.5) is 0 Å². The number of ether oxygens (including phenoxy) is 2. The Labute approximate surface area is 192 Å². The minimum absolute atomic E-state index is 0.00409. The van der Waals surface area contributed by atoms with Crippen LogP contribution < -0.4 is 0 Å². The summed E-state index contributed by atoms with van der Waals surface area (Å²) in [5, 5.41) is 11.6. The van der Waals surface area contributed by atoms with Gasteiger partial charge in [0.2, 0.25) is 5.78 Å². The monoisotopic (exact) mass is 444 g/mol. The first-order valence-corrected chi connectivity index (χ1v) is 11.3. The highest BCUT2D eigenvalue weighted by Crippen LogP contribution is 2.69. The molecule has 3 fully saturated rings. The van der Waals surface area contributed by atoms with Crippen molar-refractivity contribution in [3.8, 4) is 0 Å². The molecule has 0 aromatic heterocycles. The van der Waals surface area contributed by atoms with Gasteiger partial charge in [-0.05, 0) is 49.7 Å². The minimum Gasteiger partial charge on any atom is -0.475 e. The largest absolute Gasteiger partial charge is 0.475 e. The van der Waals surface area contributed by atoms with Crippen molar-refractivity contribution in [1.82, 2.24) is 0 Å². The first-order chi connectivity index (χ1) is 16.2. The Hall–Kier alpha value is -2.28. The fourth-order valence-electron chi connectivity index (χ4n) is 7.93. The molecule has 0 aromatic carbocycles. The van der Waals surface area contributed by atoms with Gasteiger partial charge >= 0.3 is 5.97 Å². The zero-order valence-corrected chi connectivity index (χ0v) is 18.6. The van der Waals surface area contributed by atoms with E-state index in [1.165, 1.54) is 0 Å². The van der Waals surface area contributed by atoms with Crippen molar-refractivity contribution in [2.45, 2.75) is 71.1 Å². The van der Waals surface area contributed by atoms with E-state index < -0.39 is 53.8 Å². The number of esters is 1. The average Bonchev–Trinajstić information content (AvgIpc) is 3.22. The molecule has 1 heterocycles. The summed E-state index contributed by atoms with van der Waals surface area (Å²) in [4.78, 5) is 42.3. The maximum Gasteiger partial charge on any atom is 0.303 e. The lowest BCUT2D eigenvalue weighted by molar-refractivity contribution is -0.155. The molecule has 8 atom stereocenters. The van der Waals surface area contributed by atoms with Crippen LogP contribution in [0.5, 0.6) is 0 Å². The third-order valence-corrected chi connectivity index (χ3v) is 9.10. The number of hydrogen-bond donors (Lipinski definition) is 1. The van der Waals surface area contributed by atoms with Crippen molar-refractivity contribution in [2.75, 3.05) is 6.61 Å². The van der Waals surface area contributed by atoms with Gasteiger partial charge in [0, 0.05) is 34.6 Å². The normalized spacial score (nSPS) is 47.9. The van der Waals surface area contributed by atoms with Crippen LogP contribution in [0, 0.1) is 28.6 Å². The molecule has 5 aliphatic rings. The number of carbonyl (C=O) groups is 3. The maximum atomic E-state index is 13.7. The average molecular weight is 445 g/mol. The second kappa shape index (κ2) is 6.86. The quantitative estimate of drug-likeness (QED) is 0.671. The summed E-state index contributed by atoms with van der Waals surface area (Å²) in [6, 6.07) is 0. The molecule has 172 valence electrons. The second-order valence-corrected chi connectivity index (χ2v) is 10.5. The highest BCUT2D eigenvalue weighted by molar-refractivity contribution is 6.01. The second-order valence-electron chi connectivity index (χ2n) is 10.5. The highest BCUT2D eigenvalue weighted by atomic mass is 16.5. The summed E-state index contributed by atoms with van der Waals surface area (Å²) >= 11 is 0. The van der Waals surface area contributed by atoms with E-state index in [1.807, 2.05) is 13.0 Å². The van der Waals surface area contributed by atoms with Crippen LogP contribution in [-0.2, 0) is 23.9 Å². The van der Waals surface area contributed by atoms with E-state index in [2.05, 4.69) is 6.92 Å². The predicted octanol–water partition coefficient (Wildman–Crippen LogP) is 2.56. The Kier molecular flexibility index (Phi) is 3.90. The Morgan fingerprint density at radius 3 is 2.94 bits per heavy atom. The van der Waals surface area contributed by atoms with Gasteiger partial charge in [-0.1, -0.05) is 25.5 Å². The number of aliphatic imine (C=N–C) groups is 1. The number of nitrogens with zero attached hydrogens (tertiary/aromatic N) is 1. The third kappa shape index (κ3) is 2.63. The number of ketones is 2. The van der Waals surface area contributed by atoms with Crippen LogP contribution in [0.1, 0.15) is 57.4 Å². The van der Waals surface area contributed by atoms with E-state index in [4.69, 9.17) is 18.6 Å². The Morgan fingerprint density at radius 2 is 2.19 bits per heavy atom. The van der Waals surface area contributed by atoms with Gasteiger partial charge in [0.25, 0.3) is 0 Å². The molecule has 0 bridgehead atoms.